The van der Waals surface area contributed by atoms with Crippen molar-refractivity contribution >= 4 is 9.84 Å². The average Bonchev–Trinajstić information content (AvgIpc) is 2.63. The normalized spacial score (nSPS) is 18.4. The van der Waals surface area contributed by atoms with Crippen LogP contribution in [0.4, 0.5) is 0 Å². The third-order valence-electron chi connectivity index (χ3n) is 2.19. The summed E-state index contributed by atoms with van der Waals surface area (Å²) < 4.78 is 27.9. The monoisotopic (exact) mass is 233 g/mol. The van der Waals surface area contributed by atoms with Gasteiger partial charge in [-0.05, 0) is 19.0 Å². The standard InChI is InChI=1S/C10H19NO3S/c1-3-6-11-9(8-15(2,12)13)10-5-4-7-14-10/h5,9,11H,3-4,6-8H2,1-2H3. The van der Waals surface area contributed by atoms with E-state index in [9.17, 15) is 8.42 Å². The Morgan fingerprint density at radius 2 is 2.33 bits per heavy atom. The van der Waals surface area contributed by atoms with Gasteiger partial charge in [-0.3, -0.25) is 0 Å². The zero-order valence-corrected chi connectivity index (χ0v) is 10.1. The van der Waals surface area contributed by atoms with Crippen LogP contribution in [0, 0.1) is 0 Å². The number of hydrogen-bond acceptors (Lipinski definition) is 4. The van der Waals surface area contributed by atoms with Gasteiger partial charge in [-0.15, -0.1) is 0 Å². The minimum Gasteiger partial charge on any atom is -0.496 e. The highest BCUT2D eigenvalue weighted by atomic mass is 32.2. The van der Waals surface area contributed by atoms with E-state index < -0.39 is 9.84 Å². The largest absolute Gasteiger partial charge is 0.496 e. The lowest BCUT2D eigenvalue weighted by atomic mass is 10.2. The van der Waals surface area contributed by atoms with E-state index in [1.54, 1.807) is 0 Å². The van der Waals surface area contributed by atoms with E-state index in [0.29, 0.717) is 6.61 Å². The maximum Gasteiger partial charge on any atom is 0.149 e. The summed E-state index contributed by atoms with van der Waals surface area (Å²) in [6.07, 6.45) is 5.08. The lowest BCUT2D eigenvalue weighted by molar-refractivity contribution is 0.219. The zero-order chi connectivity index (χ0) is 11.3. The van der Waals surface area contributed by atoms with Crippen molar-refractivity contribution in [1.29, 1.82) is 0 Å². The molecule has 1 rings (SSSR count). The van der Waals surface area contributed by atoms with Crippen LogP contribution in [-0.2, 0) is 14.6 Å². The summed E-state index contributed by atoms with van der Waals surface area (Å²) in [5.41, 5.74) is 0. The van der Waals surface area contributed by atoms with Gasteiger partial charge in [0.1, 0.15) is 15.6 Å². The van der Waals surface area contributed by atoms with Crippen molar-refractivity contribution in [2.75, 3.05) is 25.2 Å². The number of rotatable bonds is 6. The van der Waals surface area contributed by atoms with Gasteiger partial charge in [-0.2, -0.15) is 0 Å². The van der Waals surface area contributed by atoms with Gasteiger partial charge in [0.2, 0.25) is 0 Å². The molecular formula is C10H19NO3S. The van der Waals surface area contributed by atoms with Crippen LogP contribution in [0.2, 0.25) is 0 Å². The highest BCUT2D eigenvalue weighted by molar-refractivity contribution is 7.90. The van der Waals surface area contributed by atoms with Crippen molar-refractivity contribution in [3.05, 3.63) is 11.8 Å². The van der Waals surface area contributed by atoms with Gasteiger partial charge in [-0.1, -0.05) is 6.92 Å². The second kappa shape index (κ2) is 5.51. The van der Waals surface area contributed by atoms with Crippen LogP contribution in [0.15, 0.2) is 11.8 Å². The van der Waals surface area contributed by atoms with E-state index in [4.69, 9.17) is 4.74 Å². The van der Waals surface area contributed by atoms with E-state index in [1.807, 2.05) is 13.0 Å². The summed E-state index contributed by atoms with van der Waals surface area (Å²) in [6, 6.07) is -0.178. The summed E-state index contributed by atoms with van der Waals surface area (Å²) in [7, 11) is -2.97. The second-order valence-corrected chi connectivity index (χ2v) is 6.03. The molecule has 0 saturated carbocycles. The first-order valence-corrected chi connectivity index (χ1v) is 7.33. The fourth-order valence-electron chi connectivity index (χ4n) is 1.54. The van der Waals surface area contributed by atoms with Crippen LogP contribution in [0.3, 0.4) is 0 Å². The predicted octanol–water partition coefficient (Wildman–Crippen LogP) is 0.703. The number of ether oxygens (including phenoxy) is 1. The molecule has 88 valence electrons. The first-order chi connectivity index (χ1) is 7.03. The maximum atomic E-state index is 11.2. The highest BCUT2D eigenvalue weighted by Gasteiger charge is 2.22. The summed E-state index contributed by atoms with van der Waals surface area (Å²) >= 11 is 0. The lowest BCUT2D eigenvalue weighted by Crippen LogP contribution is -2.37. The van der Waals surface area contributed by atoms with E-state index >= 15 is 0 Å². The Morgan fingerprint density at radius 3 is 2.80 bits per heavy atom. The molecule has 0 radical (unpaired) electrons. The molecular weight excluding hydrogens is 214 g/mol. The molecule has 0 aromatic carbocycles. The van der Waals surface area contributed by atoms with Crippen LogP contribution in [0.25, 0.3) is 0 Å². The van der Waals surface area contributed by atoms with Gasteiger partial charge in [0.15, 0.2) is 0 Å². The lowest BCUT2D eigenvalue weighted by Gasteiger charge is -2.18. The molecule has 0 aromatic rings. The van der Waals surface area contributed by atoms with Crippen molar-refractivity contribution in [2.45, 2.75) is 25.8 Å². The summed E-state index contributed by atoms with van der Waals surface area (Å²) in [5.74, 6) is 0.896. The Bertz CT molecular complexity index is 322. The molecule has 1 unspecified atom stereocenters. The third kappa shape index (κ3) is 4.66. The van der Waals surface area contributed by atoms with Crippen LogP contribution in [0.5, 0.6) is 0 Å². The fraction of sp³-hybridized carbons (Fsp3) is 0.800. The smallest absolute Gasteiger partial charge is 0.149 e. The van der Waals surface area contributed by atoms with E-state index in [1.165, 1.54) is 6.26 Å². The molecule has 0 bridgehead atoms. The first-order valence-electron chi connectivity index (χ1n) is 5.27. The molecule has 4 nitrogen and oxygen atoms in total. The average molecular weight is 233 g/mol. The molecule has 0 spiro atoms. The minimum atomic E-state index is -2.97. The molecule has 0 amide bonds. The van der Waals surface area contributed by atoms with Crippen molar-refractivity contribution in [3.8, 4) is 0 Å². The highest BCUT2D eigenvalue weighted by Crippen LogP contribution is 2.14. The van der Waals surface area contributed by atoms with Crippen molar-refractivity contribution in [2.24, 2.45) is 0 Å². The Labute approximate surface area is 91.6 Å². The molecule has 0 saturated heterocycles. The van der Waals surface area contributed by atoms with Gasteiger partial charge >= 0.3 is 0 Å². The maximum absolute atomic E-state index is 11.2. The quantitative estimate of drug-likeness (QED) is 0.734. The van der Waals surface area contributed by atoms with Crippen molar-refractivity contribution in [3.63, 3.8) is 0 Å². The number of hydrogen-bond donors (Lipinski definition) is 1. The van der Waals surface area contributed by atoms with Gasteiger partial charge in [0.25, 0.3) is 0 Å². The first kappa shape index (κ1) is 12.5. The summed E-state index contributed by atoms with van der Waals surface area (Å²) in [4.78, 5) is 0. The second-order valence-electron chi connectivity index (χ2n) is 3.84. The zero-order valence-electron chi connectivity index (χ0n) is 9.32. The van der Waals surface area contributed by atoms with Crippen LogP contribution >= 0.6 is 0 Å². The van der Waals surface area contributed by atoms with E-state index in [2.05, 4.69) is 5.32 Å². The number of nitrogens with one attached hydrogen (secondary N) is 1. The third-order valence-corrected chi connectivity index (χ3v) is 3.12. The predicted molar refractivity (Wildman–Crippen MR) is 60.4 cm³/mol. The molecule has 1 atom stereocenters. The van der Waals surface area contributed by atoms with Crippen LogP contribution in [0.1, 0.15) is 19.8 Å². The molecule has 1 aliphatic heterocycles. The molecule has 0 aromatic heterocycles. The summed E-state index contributed by atoms with van der Waals surface area (Å²) in [6.45, 7) is 3.53. The molecule has 5 heteroatoms. The van der Waals surface area contributed by atoms with E-state index in [0.717, 1.165) is 25.1 Å². The Hall–Kier alpha value is -0.550. The minimum absolute atomic E-state index is 0.110. The Morgan fingerprint density at radius 1 is 1.60 bits per heavy atom. The number of sulfone groups is 1. The van der Waals surface area contributed by atoms with Gasteiger partial charge < -0.3 is 10.1 Å². The molecule has 0 fully saturated rings. The van der Waals surface area contributed by atoms with Crippen molar-refractivity contribution < 1.29 is 13.2 Å². The fourth-order valence-corrected chi connectivity index (χ4v) is 2.43. The Kier molecular flexibility index (Phi) is 4.60. The molecule has 15 heavy (non-hydrogen) atoms. The molecule has 1 aliphatic rings. The van der Waals surface area contributed by atoms with Crippen LogP contribution in [-0.4, -0.2) is 39.6 Å². The van der Waals surface area contributed by atoms with Gasteiger partial charge in [-0.25, -0.2) is 8.42 Å². The molecule has 0 aliphatic carbocycles. The molecule has 1 heterocycles. The topological polar surface area (TPSA) is 55.4 Å². The molecule has 1 N–H and O–H groups in total. The Balaban J connectivity index is 2.60. The van der Waals surface area contributed by atoms with E-state index in [-0.39, 0.29) is 11.8 Å². The summed E-state index contributed by atoms with van der Waals surface area (Å²) in [5, 5.41) is 3.20. The van der Waals surface area contributed by atoms with Crippen LogP contribution < -0.4 is 5.32 Å². The van der Waals surface area contributed by atoms with Gasteiger partial charge in [0.05, 0.1) is 18.4 Å². The van der Waals surface area contributed by atoms with Crippen molar-refractivity contribution in [1.82, 2.24) is 5.32 Å². The SMILES string of the molecule is CCCNC(CS(C)(=O)=O)C1=CCCO1. The van der Waals surface area contributed by atoms with Gasteiger partial charge in [0, 0.05) is 12.7 Å².